The minimum atomic E-state index is 0.0311. The summed E-state index contributed by atoms with van der Waals surface area (Å²) < 4.78 is 5.30. The largest absolute Gasteiger partial charge is 0.495 e. The molecule has 1 amide bonds. The van der Waals surface area contributed by atoms with Crippen LogP contribution in [0.2, 0.25) is 0 Å². The topological polar surface area (TPSA) is 65.4 Å². The number of nitriles is 1. The van der Waals surface area contributed by atoms with Gasteiger partial charge in [-0.15, -0.1) is 0 Å². The highest BCUT2D eigenvalue weighted by molar-refractivity contribution is 5.94. The summed E-state index contributed by atoms with van der Waals surface area (Å²) in [5, 5.41) is 11.6. The zero-order chi connectivity index (χ0) is 15.9. The maximum absolute atomic E-state index is 12.4. The van der Waals surface area contributed by atoms with Gasteiger partial charge in [0, 0.05) is 18.9 Å². The van der Waals surface area contributed by atoms with E-state index in [1.54, 1.807) is 7.11 Å². The third-order valence-corrected chi connectivity index (χ3v) is 4.11. The molecule has 0 radical (unpaired) electrons. The van der Waals surface area contributed by atoms with Crippen molar-refractivity contribution < 1.29 is 9.53 Å². The lowest BCUT2D eigenvalue weighted by atomic mass is 9.95. The van der Waals surface area contributed by atoms with Crippen LogP contribution in [0.3, 0.4) is 0 Å². The first-order valence-corrected chi connectivity index (χ1v) is 7.69. The van der Waals surface area contributed by atoms with Gasteiger partial charge in [0.2, 0.25) is 5.91 Å². The minimum absolute atomic E-state index is 0.0311. The summed E-state index contributed by atoms with van der Waals surface area (Å²) in [7, 11) is 1.61. The van der Waals surface area contributed by atoms with Crippen molar-refractivity contribution in [2.24, 2.45) is 5.92 Å². The summed E-state index contributed by atoms with van der Waals surface area (Å²) in [6.45, 7) is 4.55. The molecule has 0 atom stereocenters. The van der Waals surface area contributed by atoms with Crippen molar-refractivity contribution in [3.05, 3.63) is 23.8 Å². The number of piperidine rings is 1. The van der Waals surface area contributed by atoms with Gasteiger partial charge in [-0.05, 0) is 50.6 Å². The second-order valence-electron chi connectivity index (χ2n) is 5.72. The number of carbonyl (C=O) groups excluding carboxylic acids is 1. The van der Waals surface area contributed by atoms with E-state index >= 15 is 0 Å². The molecular formula is C17H23N3O2. The van der Waals surface area contributed by atoms with E-state index < -0.39 is 0 Å². The molecule has 0 saturated carbocycles. The van der Waals surface area contributed by atoms with E-state index in [-0.39, 0.29) is 11.8 Å². The Balaban J connectivity index is 1.91. The first-order chi connectivity index (χ1) is 10.6. The van der Waals surface area contributed by atoms with Gasteiger partial charge in [0.15, 0.2) is 0 Å². The molecule has 0 unspecified atom stereocenters. The predicted molar refractivity (Wildman–Crippen MR) is 85.8 cm³/mol. The van der Waals surface area contributed by atoms with Crippen molar-refractivity contribution in [1.82, 2.24) is 4.90 Å². The molecule has 0 aliphatic carbocycles. The maximum atomic E-state index is 12.4. The monoisotopic (exact) mass is 301 g/mol. The molecule has 0 aromatic heterocycles. The molecule has 1 fully saturated rings. The number of nitrogens with zero attached hydrogens (tertiary/aromatic N) is 2. The fourth-order valence-electron chi connectivity index (χ4n) is 2.78. The molecule has 1 aliphatic rings. The smallest absolute Gasteiger partial charge is 0.227 e. The molecule has 1 N–H and O–H groups in total. The summed E-state index contributed by atoms with van der Waals surface area (Å²) >= 11 is 0. The number of hydrogen-bond donors (Lipinski definition) is 1. The molecule has 0 spiro atoms. The zero-order valence-corrected chi connectivity index (χ0v) is 13.3. The van der Waals surface area contributed by atoms with Crippen LogP contribution in [-0.2, 0) is 4.79 Å². The van der Waals surface area contributed by atoms with Gasteiger partial charge < -0.3 is 15.0 Å². The third kappa shape index (κ3) is 4.22. The van der Waals surface area contributed by atoms with Gasteiger partial charge in [-0.2, -0.15) is 5.26 Å². The molecule has 118 valence electrons. The van der Waals surface area contributed by atoms with Gasteiger partial charge in [-0.1, -0.05) is 6.07 Å². The fraction of sp³-hybridized carbons (Fsp3) is 0.529. The van der Waals surface area contributed by atoms with Gasteiger partial charge in [0.25, 0.3) is 0 Å². The second-order valence-corrected chi connectivity index (χ2v) is 5.72. The lowest BCUT2D eigenvalue weighted by Gasteiger charge is -2.30. The molecule has 5 nitrogen and oxygen atoms in total. The second kappa shape index (κ2) is 7.81. The highest BCUT2D eigenvalue weighted by Crippen LogP contribution is 2.27. The van der Waals surface area contributed by atoms with Crippen LogP contribution in [0.25, 0.3) is 0 Å². The van der Waals surface area contributed by atoms with Crippen LogP contribution in [0.5, 0.6) is 5.75 Å². The number of benzene rings is 1. The van der Waals surface area contributed by atoms with E-state index in [4.69, 9.17) is 10.00 Å². The maximum Gasteiger partial charge on any atom is 0.227 e. The molecule has 1 aromatic carbocycles. The number of rotatable bonds is 5. The zero-order valence-electron chi connectivity index (χ0n) is 13.3. The molecule has 2 rings (SSSR count). The number of amides is 1. The number of carbonyl (C=O) groups is 1. The first kappa shape index (κ1) is 16.3. The summed E-state index contributed by atoms with van der Waals surface area (Å²) in [4.78, 5) is 14.7. The fourth-order valence-corrected chi connectivity index (χ4v) is 2.78. The predicted octanol–water partition coefficient (Wildman–Crippen LogP) is 2.57. The summed E-state index contributed by atoms with van der Waals surface area (Å²) in [6.07, 6.45) is 2.23. The highest BCUT2D eigenvalue weighted by atomic mass is 16.5. The van der Waals surface area contributed by atoms with Crippen molar-refractivity contribution in [3.63, 3.8) is 0 Å². The lowest BCUT2D eigenvalue weighted by molar-refractivity contribution is -0.121. The van der Waals surface area contributed by atoms with Gasteiger partial charge >= 0.3 is 0 Å². The van der Waals surface area contributed by atoms with E-state index in [9.17, 15) is 4.79 Å². The Morgan fingerprint density at radius 2 is 2.18 bits per heavy atom. The van der Waals surface area contributed by atoms with E-state index in [1.807, 2.05) is 25.1 Å². The van der Waals surface area contributed by atoms with Crippen molar-refractivity contribution in [1.29, 1.82) is 5.26 Å². The molecule has 1 aliphatic heterocycles. The molecule has 1 heterocycles. The van der Waals surface area contributed by atoms with Gasteiger partial charge in [-0.3, -0.25) is 4.79 Å². The number of likely N-dealkylation sites (tertiary alicyclic amines) is 1. The van der Waals surface area contributed by atoms with Crippen LogP contribution >= 0.6 is 0 Å². The normalized spacial score (nSPS) is 16.0. The molecule has 0 bridgehead atoms. The SMILES string of the molecule is COc1ccc(C)cc1NC(=O)C1CCN(CCC#N)CC1. The van der Waals surface area contributed by atoms with Crippen LogP contribution in [-0.4, -0.2) is 37.6 Å². The Labute approximate surface area is 131 Å². The Morgan fingerprint density at radius 1 is 1.45 bits per heavy atom. The van der Waals surface area contributed by atoms with Crippen molar-refractivity contribution in [2.75, 3.05) is 32.1 Å². The van der Waals surface area contributed by atoms with E-state index in [1.165, 1.54) is 0 Å². The van der Waals surface area contributed by atoms with E-state index in [0.717, 1.165) is 43.7 Å². The van der Waals surface area contributed by atoms with Gasteiger partial charge in [0.1, 0.15) is 5.75 Å². The van der Waals surface area contributed by atoms with E-state index in [2.05, 4.69) is 16.3 Å². The number of methoxy groups -OCH3 is 1. The van der Waals surface area contributed by atoms with Crippen LogP contribution in [0.15, 0.2) is 18.2 Å². The average molecular weight is 301 g/mol. The lowest BCUT2D eigenvalue weighted by Crippen LogP contribution is -2.38. The molecule has 1 aromatic rings. The summed E-state index contributed by atoms with van der Waals surface area (Å²) in [5.74, 6) is 0.776. The van der Waals surface area contributed by atoms with Crippen molar-refractivity contribution in [3.8, 4) is 11.8 Å². The van der Waals surface area contributed by atoms with Crippen LogP contribution in [0.4, 0.5) is 5.69 Å². The van der Waals surface area contributed by atoms with Gasteiger partial charge in [-0.25, -0.2) is 0 Å². The standard InChI is InChI=1S/C17H23N3O2/c1-13-4-5-16(22-2)15(12-13)19-17(21)14-6-10-20(11-7-14)9-3-8-18/h4-5,12,14H,3,6-7,9-11H2,1-2H3,(H,19,21). The molecule has 5 heteroatoms. The Bertz CT molecular complexity index is 558. The van der Waals surface area contributed by atoms with Crippen molar-refractivity contribution in [2.45, 2.75) is 26.2 Å². The number of hydrogen-bond acceptors (Lipinski definition) is 4. The average Bonchev–Trinajstić information content (AvgIpc) is 2.53. The minimum Gasteiger partial charge on any atom is -0.495 e. The number of aryl methyl sites for hydroxylation is 1. The first-order valence-electron chi connectivity index (χ1n) is 7.69. The van der Waals surface area contributed by atoms with Crippen molar-refractivity contribution >= 4 is 11.6 Å². The molecule has 22 heavy (non-hydrogen) atoms. The molecular weight excluding hydrogens is 278 g/mol. The summed E-state index contributed by atoms with van der Waals surface area (Å²) in [5.41, 5.74) is 1.82. The van der Waals surface area contributed by atoms with Gasteiger partial charge in [0.05, 0.1) is 18.9 Å². The number of ether oxygens (including phenoxy) is 1. The quantitative estimate of drug-likeness (QED) is 0.907. The third-order valence-electron chi connectivity index (χ3n) is 4.11. The Hall–Kier alpha value is -2.06. The van der Waals surface area contributed by atoms with Crippen LogP contribution in [0, 0.1) is 24.2 Å². The molecule has 1 saturated heterocycles. The summed E-state index contributed by atoms with van der Waals surface area (Å²) in [6, 6.07) is 7.93. The Kier molecular flexibility index (Phi) is 5.79. The van der Waals surface area contributed by atoms with Crippen LogP contribution in [0.1, 0.15) is 24.8 Å². The number of anilines is 1. The number of nitrogens with one attached hydrogen (secondary N) is 1. The Morgan fingerprint density at radius 3 is 2.82 bits per heavy atom. The highest BCUT2D eigenvalue weighted by Gasteiger charge is 2.25. The van der Waals surface area contributed by atoms with Crippen LogP contribution < -0.4 is 10.1 Å². The van der Waals surface area contributed by atoms with E-state index in [0.29, 0.717) is 12.2 Å².